The third-order valence-electron chi connectivity index (χ3n) is 6.31. The van der Waals surface area contributed by atoms with E-state index in [1.54, 1.807) is 37.6 Å². The molecule has 1 heterocycles. The topological polar surface area (TPSA) is 81.7 Å². The van der Waals surface area contributed by atoms with Crippen LogP contribution in [-0.2, 0) is 9.36 Å². The summed E-state index contributed by atoms with van der Waals surface area (Å²) < 4.78 is 57.3. The van der Waals surface area contributed by atoms with E-state index in [-0.39, 0.29) is 41.8 Å². The Labute approximate surface area is 217 Å². The van der Waals surface area contributed by atoms with Gasteiger partial charge in [0, 0.05) is 35.0 Å². The van der Waals surface area contributed by atoms with Gasteiger partial charge in [0.15, 0.2) is 11.6 Å². The van der Waals surface area contributed by atoms with Gasteiger partial charge in [0.25, 0.3) is 0 Å². The average Bonchev–Trinajstić information content (AvgIpc) is 3.16. The number of nitrogens with zero attached hydrogens (tertiary/aromatic N) is 1. The van der Waals surface area contributed by atoms with Gasteiger partial charge in [-0.05, 0) is 49.2 Å². The summed E-state index contributed by atoms with van der Waals surface area (Å²) in [6.07, 6.45) is 0. The molecule has 0 spiro atoms. The lowest BCUT2D eigenvalue weighted by Crippen LogP contribution is -2.44. The summed E-state index contributed by atoms with van der Waals surface area (Å²) in [6, 6.07) is 12.4. The molecule has 6 nitrogen and oxygen atoms in total. The Morgan fingerprint density at radius 3 is 2.46 bits per heavy atom. The molecule has 0 saturated carbocycles. The second-order valence-corrected chi connectivity index (χ2v) is 12.8. The third-order valence-corrected chi connectivity index (χ3v) is 8.10. The molecular weight excluding hydrogens is 526 g/mol. The first kappa shape index (κ1) is 27.2. The first-order valence-electron chi connectivity index (χ1n) is 11.5. The summed E-state index contributed by atoms with van der Waals surface area (Å²) in [5, 5.41) is 16.2. The third kappa shape index (κ3) is 5.55. The summed E-state index contributed by atoms with van der Waals surface area (Å²) >= 11 is 5.75. The Morgan fingerprint density at radius 2 is 1.78 bits per heavy atom. The molecule has 1 amide bonds. The zero-order valence-electron chi connectivity index (χ0n) is 20.1. The minimum absolute atomic E-state index is 0.0278. The fourth-order valence-electron chi connectivity index (χ4n) is 4.45. The number of carbonyl (C=O) groups is 1. The lowest BCUT2D eigenvalue weighted by molar-refractivity contribution is -0.119. The van der Waals surface area contributed by atoms with Crippen molar-refractivity contribution in [1.82, 2.24) is 5.32 Å². The molecule has 0 aliphatic carbocycles. The highest BCUT2D eigenvalue weighted by molar-refractivity contribution is 7.70. The molecule has 0 bridgehead atoms. The normalized spacial score (nSPS) is 17.9. The van der Waals surface area contributed by atoms with E-state index in [1.807, 2.05) is 0 Å². The van der Waals surface area contributed by atoms with Crippen molar-refractivity contribution in [2.24, 2.45) is 5.92 Å². The molecule has 0 aromatic heterocycles. The smallest absolute Gasteiger partial charge is 0.244 e. The molecule has 11 heteroatoms. The molecule has 1 aliphatic rings. The van der Waals surface area contributed by atoms with Crippen LogP contribution < -0.4 is 20.8 Å². The number of anilines is 2. The number of benzene rings is 3. The predicted molar refractivity (Wildman–Crippen MR) is 141 cm³/mol. The largest absolute Gasteiger partial charge is 0.396 e. The van der Waals surface area contributed by atoms with Crippen molar-refractivity contribution in [2.75, 3.05) is 43.4 Å². The Kier molecular flexibility index (Phi) is 7.99. The van der Waals surface area contributed by atoms with Crippen LogP contribution in [0.1, 0.15) is 0 Å². The van der Waals surface area contributed by atoms with Gasteiger partial charge in [-0.15, -0.1) is 0 Å². The van der Waals surface area contributed by atoms with Crippen molar-refractivity contribution in [2.45, 2.75) is 6.04 Å². The maximum absolute atomic E-state index is 15.3. The monoisotopic (exact) mass is 551 g/mol. The van der Waals surface area contributed by atoms with Crippen LogP contribution in [0, 0.1) is 23.4 Å². The van der Waals surface area contributed by atoms with E-state index in [2.05, 4.69) is 10.6 Å². The maximum atomic E-state index is 15.3. The van der Waals surface area contributed by atoms with Gasteiger partial charge in [-0.2, -0.15) is 0 Å². The Morgan fingerprint density at radius 1 is 1.05 bits per heavy atom. The van der Waals surface area contributed by atoms with Gasteiger partial charge in [-0.3, -0.25) is 10.1 Å². The van der Waals surface area contributed by atoms with Crippen molar-refractivity contribution in [3.63, 3.8) is 0 Å². The molecule has 3 N–H and O–H groups in total. The fraction of sp³-hybridized carbons (Fsp3) is 0.269. The first-order valence-corrected chi connectivity index (χ1v) is 14.5. The van der Waals surface area contributed by atoms with Gasteiger partial charge in [-0.1, -0.05) is 35.9 Å². The lowest BCUT2D eigenvalue weighted by Gasteiger charge is -2.20. The summed E-state index contributed by atoms with van der Waals surface area (Å²) in [7, 11) is -2.78. The second-order valence-electron chi connectivity index (χ2n) is 9.18. The molecule has 2 unspecified atom stereocenters. The van der Waals surface area contributed by atoms with Crippen LogP contribution in [0.2, 0.25) is 5.02 Å². The zero-order chi connectivity index (χ0) is 26.9. The van der Waals surface area contributed by atoms with E-state index in [0.29, 0.717) is 10.9 Å². The molecule has 4 rings (SSSR count). The van der Waals surface area contributed by atoms with Crippen LogP contribution in [0.25, 0.3) is 11.1 Å². The lowest BCUT2D eigenvalue weighted by atomic mass is 10.0. The number of hydrogen-bond acceptors (Lipinski definition) is 5. The standard InChI is InChI=1S/C26H26ClF3N3O3P/c1-37(2,36)22-6-4-3-5-17(22)18-8-10-21(24(30)23(18)29)33-12-15(13-34)25(26(33)35)32-14-31-20-9-7-16(27)11-19(20)28/h3-11,15,25,31-32,34H,12-14H2,1-2H3. The number of carbonyl (C=O) groups excluding carboxylic acids is 1. The van der Waals surface area contributed by atoms with E-state index in [9.17, 15) is 18.9 Å². The zero-order valence-corrected chi connectivity index (χ0v) is 21.8. The molecule has 3 aromatic rings. The number of amides is 1. The van der Waals surface area contributed by atoms with Gasteiger partial charge < -0.3 is 19.9 Å². The molecule has 196 valence electrons. The van der Waals surface area contributed by atoms with Gasteiger partial charge in [0.1, 0.15) is 13.0 Å². The van der Waals surface area contributed by atoms with Crippen molar-refractivity contribution in [3.8, 4) is 11.1 Å². The molecular formula is C26H26ClF3N3O3P. The number of aliphatic hydroxyl groups is 1. The van der Waals surface area contributed by atoms with Crippen LogP contribution >= 0.6 is 18.7 Å². The molecule has 1 saturated heterocycles. The number of halogens is 4. The number of nitrogens with one attached hydrogen (secondary N) is 2. The van der Waals surface area contributed by atoms with Crippen LogP contribution in [0.5, 0.6) is 0 Å². The van der Waals surface area contributed by atoms with Gasteiger partial charge in [0.05, 0.1) is 24.1 Å². The van der Waals surface area contributed by atoms with Crippen LogP contribution in [0.4, 0.5) is 24.5 Å². The summed E-state index contributed by atoms with van der Waals surface area (Å²) in [4.78, 5) is 14.2. The van der Waals surface area contributed by atoms with Crippen molar-refractivity contribution in [1.29, 1.82) is 0 Å². The minimum atomic E-state index is -2.78. The molecule has 1 aliphatic heterocycles. The first-order chi connectivity index (χ1) is 17.5. The highest BCUT2D eigenvalue weighted by Crippen LogP contribution is 2.40. The summed E-state index contributed by atoms with van der Waals surface area (Å²) in [5.74, 6) is -4.13. The van der Waals surface area contributed by atoms with E-state index >= 15 is 8.78 Å². The van der Waals surface area contributed by atoms with E-state index in [4.69, 9.17) is 11.6 Å². The second kappa shape index (κ2) is 10.9. The average molecular weight is 552 g/mol. The molecule has 0 radical (unpaired) electrons. The molecule has 1 fully saturated rings. The van der Waals surface area contributed by atoms with Gasteiger partial charge >= 0.3 is 0 Å². The molecule has 3 aromatic carbocycles. The quantitative estimate of drug-likeness (QED) is 0.280. The van der Waals surface area contributed by atoms with E-state index in [0.717, 1.165) is 11.0 Å². The van der Waals surface area contributed by atoms with Crippen LogP contribution in [-0.4, -0.2) is 50.2 Å². The maximum Gasteiger partial charge on any atom is 0.244 e. The van der Waals surface area contributed by atoms with Gasteiger partial charge in [-0.25, -0.2) is 13.2 Å². The summed E-state index contributed by atoms with van der Waals surface area (Å²) in [5.41, 5.74) is 0.154. The highest BCUT2D eigenvalue weighted by Gasteiger charge is 2.41. The number of rotatable bonds is 8. The Hall–Kier alpha value is -2.84. The summed E-state index contributed by atoms with van der Waals surface area (Å²) in [6.45, 7) is 2.65. The van der Waals surface area contributed by atoms with Crippen molar-refractivity contribution >= 4 is 41.3 Å². The van der Waals surface area contributed by atoms with Crippen molar-refractivity contribution < 1.29 is 27.6 Å². The van der Waals surface area contributed by atoms with E-state index in [1.165, 1.54) is 24.3 Å². The highest BCUT2D eigenvalue weighted by atomic mass is 35.5. The van der Waals surface area contributed by atoms with Crippen molar-refractivity contribution in [3.05, 3.63) is 77.1 Å². The SMILES string of the molecule is CP(C)(=O)c1ccccc1-c1ccc(N2CC(CO)C(NCNc3ccc(Cl)cc3F)C2=O)c(F)c1F. The minimum Gasteiger partial charge on any atom is -0.396 e. The van der Waals surface area contributed by atoms with E-state index < -0.39 is 42.5 Å². The Bertz CT molecular complexity index is 1380. The van der Waals surface area contributed by atoms with Gasteiger partial charge in [0.2, 0.25) is 5.91 Å². The number of hydrogen-bond donors (Lipinski definition) is 3. The van der Waals surface area contributed by atoms with Crippen LogP contribution in [0.3, 0.4) is 0 Å². The van der Waals surface area contributed by atoms with Crippen LogP contribution in [0.15, 0.2) is 54.6 Å². The fourth-order valence-corrected chi connectivity index (χ4v) is 5.83. The molecule has 2 atom stereocenters. The number of aliphatic hydroxyl groups excluding tert-OH is 1. The predicted octanol–water partition coefficient (Wildman–Crippen LogP) is 4.66. The molecule has 37 heavy (non-hydrogen) atoms. The Balaban J connectivity index is 1.56.